The lowest BCUT2D eigenvalue weighted by atomic mass is 10.0. The topological polar surface area (TPSA) is 90.7 Å². The van der Waals surface area contributed by atoms with Crippen molar-refractivity contribution in [2.45, 2.75) is 12.5 Å². The number of pyridine rings is 1. The van der Waals surface area contributed by atoms with Gasteiger partial charge in [0.05, 0.1) is 17.2 Å². The smallest absolute Gasteiger partial charge is 0.348 e. The van der Waals surface area contributed by atoms with E-state index in [0.29, 0.717) is 41.6 Å². The van der Waals surface area contributed by atoms with Crippen LogP contribution in [0.3, 0.4) is 0 Å². The largest absolute Gasteiger partial charge is 0.391 e. The zero-order chi connectivity index (χ0) is 18.5. The summed E-state index contributed by atoms with van der Waals surface area (Å²) in [5.74, 6) is -0.155. The fraction of sp³-hybridized carbons (Fsp3) is 0.211. The number of hydrogen-bond acceptors (Lipinski definition) is 5. The number of carbonyl (C=O) groups is 1. The van der Waals surface area contributed by atoms with Crippen LogP contribution in [0.4, 0.5) is 0 Å². The summed E-state index contributed by atoms with van der Waals surface area (Å²) in [5.41, 5.74) is 3.22. The summed E-state index contributed by atoms with van der Waals surface area (Å²) < 4.78 is 1.49. The summed E-state index contributed by atoms with van der Waals surface area (Å²) in [6.45, 7) is 0.846. The van der Waals surface area contributed by atoms with Gasteiger partial charge in [0.2, 0.25) is 0 Å². The molecule has 1 fully saturated rings. The van der Waals surface area contributed by atoms with Gasteiger partial charge in [-0.15, -0.1) is 0 Å². The zero-order valence-corrected chi connectivity index (χ0v) is 15.1. The summed E-state index contributed by atoms with van der Waals surface area (Å²) in [4.78, 5) is 27.0. The van der Waals surface area contributed by atoms with E-state index in [1.807, 2.05) is 35.0 Å². The van der Waals surface area contributed by atoms with Crippen LogP contribution < -0.4 is 5.69 Å². The van der Waals surface area contributed by atoms with Gasteiger partial charge in [0.15, 0.2) is 5.65 Å². The molecule has 1 aliphatic rings. The van der Waals surface area contributed by atoms with Crippen molar-refractivity contribution < 1.29 is 9.90 Å². The van der Waals surface area contributed by atoms with Crippen molar-refractivity contribution in [1.29, 1.82) is 0 Å². The molecule has 0 saturated carbocycles. The van der Waals surface area contributed by atoms with Crippen molar-refractivity contribution in [2.24, 2.45) is 0 Å². The minimum atomic E-state index is -0.484. The van der Waals surface area contributed by atoms with Crippen LogP contribution >= 0.6 is 11.3 Å². The summed E-state index contributed by atoms with van der Waals surface area (Å²) in [6.07, 6.45) is 0.0953. The zero-order valence-electron chi connectivity index (χ0n) is 14.3. The lowest BCUT2D eigenvalue weighted by Gasteiger charge is -2.17. The van der Waals surface area contributed by atoms with Crippen LogP contribution in [0.2, 0.25) is 0 Å². The molecule has 0 aliphatic carbocycles. The van der Waals surface area contributed by atoms with E-state index >= 15 is 0 Å². The third-order valence-corrected chi connectivity index (χ3v) is 5.72. The minimum absolute atomic E-state index is 0.155. The number of hydrogen-bond donors (Lipinski definition) is 2. The van der Waals surface area contributed by atoms with Gasteiger partial charge in [-0.2, -0.15) is 16.4 Å². The number of β-amino-alcohol motifs (C(OH)–C–C–N with tert-alkyl or cyclic N) is 1. The van der Waals surface area contributed by atoms with E-state index in [4.69, 9.17) is 0 Å². The maximum absolute atomic E-state index is 13.1. The highest BCUT2D eigenvalue weighted by molar-refractivity contribution is 7.08. The average molecular weight is 380 g/mol. The van der Waals surface area contributed by atoms with Gasteiger partial charge in [-0.1, -0.05) is 12.1 Å². The molecule has 4 aromatic rings. The maximum atomic E-state index is 13.1. The van der Waals surface area contributed by atoms with E-state index in [1.165, 1.54) is 4.40 Å². The second kappa shape index (κ2) is 6.04. The van der Waals surface area contributed by atoms with Gasteiger partial charge in [0, 0.05) is 18.5 Å². The number of amides is 1. The van der Waals surface area contributed by atoms with Gasteiger partial charge in [0.25, 0.3) is 5.91 Å². The van der Waals surface area contributed by atoms with E-state index in [9.17, 15) is 14.7 Å². The van der Waals surface area contributed by atoms with Crippen molar-refractivity contribution in [3.63, 3.8) is 0 Å². The first-order chi connectivity index (χ1) is 13.1. The predicted molar refractivity (Wildman–Crippen MR) is 103 cm³/mol. The van der Waals surface area contributed by atoms with E-state index < -0.39 is 6.10 Å². The molecule has 1 saturated heterocycles. The van der Waals surface area contributed by atoms with Crippen LogP contribution in [-0.2, 0) is 0 Å². The van der Waals surface area contributed by atoms with E-state index in [1.54, 1.807) is 22.3 Å². The summed E-state index contributed by atoms with van der Waals surface area (Å²) >= 11 is 1.60. The molecule has 0 radical (unpaired) electrons. The molecular weight excluding hydrogens is 364 g/mol. The van der Waals surface area contributed by atoms with Crippen molar-refractivity contribution in [2.75, 3.05) is 13.1 Å². The Morgan fingerprint density at radius 2 is 2.15 bits per heavy atom. The first-order valence-electron chi connectivity index (χ1n) is 8.65. The van der Waals surface area contributed by atoms with Crippen molar-refractivity contribution >= 4 is 33.8 Å². The molecule has 1 atom stereocenters. The Morgan fingerprint density at radius 1 is 1.26 bits per heavy atom. The number of aromatic nitrogens is 3. The van der Waals surface area contributed by atoms with E-state index in [2.05, 4.69) is 10.2 Å². The third kappa shape index (κ3) is 2.56. The summed E-state index contributed by atoms with van der Waals surface area (Å²) in [5, 5.41) is 21.0. The maximum Gasteiger partial charge on any atom is 0.348 e. The van der Waals surface area contributed by atoms with Crippen LogP contribution in [0.1, 0.15) is 16.8 Å². The molecule has 1 aliphatic heterocycles. The van der Waals surface area contributed by atoms with E-state index in [-0.39, 0.29) is 11.6 Å². The number of fused-ring (bicyclic) bond motifs is 3. The Morgan fingerprint density at radius 3 is 2.89 bits per heavy atom. The Kier molecular flexibility index (Phi) is 3.63. The molecule has 3 aromatic heterocycles. The van der Waals surface area contributed by atoms with Crippen molar-refractivity contribution in [3.8, 4) is 11.1 Å². The average Bonchev–Trinajstić information content (AvgIpc) is 3.41. The molecule has 0 bridgehead atoms. The molecule has 2 N–H and O–H groups in total. The molecule has 1 aromatic carbocycles. The first-order valence-corrected chi connectivity index (χ1v) is 9.60. The number of benzene rings is 1. The molecule has 136 valence electrons. The Labute approximate surface area is 157 Å². The highest BCUT2D eigenvalue weighted by Gasteiger charge is 2.27. The van der Waals surface area contributed by atoms with Gasteiger partial charge >= 0.3 is 5.69 Å². The first kappa shape index (κ1) is 16.2. The highest BCUT2D eigenvalue weighted by atomic mass is 32.1. The molecular formula is C19H16N4O3S. The second-order valence-electron chi connectivity index (χ2n) is 6.72. The van der Waals surface area contributed by atoms with Crippen molar-refractivity contribution in [3.05, 3.63) is 57.1 Å². The summed E-state index contributed by atoms with van der Waals surface area (Å²) in [6, 6.07) is 9.40. The molecule has 8 heteroatoms. The number of H-pyrrole nitrogens is 1. The van der Waals surface area contributed by atoms with Gasteiger partial charge in [-0.25, -0.2) is 14.3 Å². The fourth-order valence-corrected chi connectivity index (χ4v) is 4.34. The van der Waals surface area contributed by atoms with E-state index in [0.717, 1.165) is 11.1 Å². The Bertz CT molecular complexity index is 1230. The Balaban J connectivity index is 1.76. The molecule has 7 nitrogen and oxygen atoms in total. The normalized spacial score (nSPS) is 17.2. The molecule has 0 spiro atoms. The minimum Gasteiger partial charge on any atom is -0.391 e. The lowest BCUT2D eigenvalue weighted by Crippen LogP contribution is -2.30. The van der Waals surface area contributed by atoms with Crippen molar-refractivity contribution in [1.82, 2.24) is 19.5 Å². The van der Waals surface area contributed by atoms with Gasteiger partial charge < -0.3 is 10.0 Å². The quantitative estimate of drug-likeness (QED) is 0.557. The van der Waals surface area contributed by atoms with Gasteiger partial charge in [-0.3, -0.25) is 4.79 Å². The number of aliphatic hydroxyl groups excluding tert-OH is 1. The molecule has 27 heavy (non-hydrogen) atoms. The monoisotopic (exact) mass is 380 g/mol. The fourth-order valence-electron chi connectivity index (χ4n) is 3.67. The highest BCUT2D eigenvalue weighted by Crippen LogP contribution is 2.29. The van der Waals surface area contributed by atoms with Crippen LogP contribution in [0.5, 0.6) is 0 Å². The number of aliphatic hydroxyl groups is 1. The number of thiophene rings is 1. The van der Waals surface area contributed by atoms with Gasteiger partial charge in [0.1, 0.15) is 0 Å². The number of aromatic amines is 1. The molecule has 0 unspecified atom stereocenters. The lowest BCUT2D eigenvalue weighted by molar-refractivity contribution is 0.0767. The number of rotatable bonds is 2. The van der Waals surface area contributed by atoms with Crippen LogP contribution in [0.15, 0.2) is 45.9 Å². The number of likely N-dealkylation sites (tertiary alicyclic amines) is 1. The number of carbonyl (C=O) groups excluding carboxylic acids is 1. The van der Waals surface area contributed by atoms with Crippen LogP contribution in [0.25, 0.3) is 27.7 Å². The number of nitrogens with one attached hydrogen (secondary N) is 1. The summed E-state index contributed by atoms with van der Waals surface area (Å²) in [7, 11) is 0. The second-order valence-corrected chi connectivity index (χ2v) is 7.50. The molecule has 4 heterocycles. The standard InChI is InChI=1S/C19H16N4O3S/c24-13-3-5-22(9-13)18(25)15-8-17-20-21-19(26)23(17)16-7-11(1-2-14(15)16)12-4-6-27-10-12/h1-2,4,6-8,10,13,24H,3,5,9H2,(H,21,26)/t13-/m0/s1. The Hall–Kier alpha value is -2.97. The number of nitrogens with zero attached hydrogens (tertiary/aromatic N) is 3. The van der Waals surface area contributed by atoms with Crippen LogP contribution in [0, 0.1) is 0 Å². The SMILES string of the molecule is O=C(c1cc2n[nH]c(=O)n2c2cc(-c3ccsc3)ccc12)N1CC[C@H](O)C1. The molecule has 5 rings (SSSR count). The van der Waals surface area contributed by atoms with Gasteiger partial charge in [-0.05, 0) is 46.5 Å². The van der Waals surface area contributed by atoms with Crippen LogP contribution in [-0.4, -0.2) is 49.7 Å². The predicted octanol–water partition coefficient (Wildman–Crippen LogP) is 2.11. The molecule has 1 amide bonds. The third-order valence-electron chi connectivity index (χ3n) is 5.04.